The van der Waals surface area contributed by atoms with Crippen molar-refractivity contribution < 1.29 is 0 Å². The summed E-state index contributed by atoms with van der Waals surface area (Å²) in [4.78, 5) is 0. The highest BCUT2D eigenvalue weighted by Gasteiger charge is 2.48. The summed E-state index contributed by atoms with van der Waals surface area (Å²) in [6.45, 7) is 6.81. The fraction of sp³-hybridized carbons (Fsp3) is 0.889. The third kappa shape index (κ3) is 2.09. The zero-order chi connectivity index (χ0) is 9.35. The summed E-state index contributed by atoms with van der Waals surface area (Å²) < 4.78 is 0. The maximum atomic E-state index is 5.03. The van der Waals surface area contributed by atoms with Gasteiger partial charge < -0.3 is 10.6 Å². The van der Waals surface area contributed by atoms with Crippen LogP contribution in [0, 0.1) is 11.3 Å². The van der Waals surface area contributed by atoms with E-state index in [-0.39, 0.29) is 0 Å². The lowest BCUT2D eigenvalue weighted by atomic mass is 10.1. The van der Waals surface area contributed by atoms with Crippen LogP contribution in [0.2, 0.25) is 0 Å². The predicted octanol–water partition coefficient (Wildman–Crippen LogP) is 1.51. The summed E-state index contributed by atoms with van der Waals surface area (Å²) in [6, 6.07) is 0.500. The van der Waals surface area contributed by atoms with E-state index in [4.69, 9.17) is 12.2 Å². The van der Waals surface area contributed by atoms with Crippen LogP contribution >= 0.6 is 12.2 Å². The second kappa shape index (κ2) is 3.21. The van der Waals surface area contributed by atoms with Gasteiger partial charge in [-0.15, -0.1) is 0 Å². The molecule has 0 aromatic heterocycles. The van der Waals surface area contributed by atoms with Crippen molar-refractivity contribution in [3.63, 3.8) is 0 Å². The SMILES string of the molecule is CNC(=S)NC(C)C1CC1(C)C. The minimum Gasteiger partial charge on any atom is -0.366 e. The van der Waals surface area contributed by atoms with E-state index in [9.17, 15) is 0 Å². The van der Waals surface area contributed by atoms with Crippen molar-refractivity contribution in [1.29, 1.82) is 0 Å². The van der Waals surface area contributed by atoms with E-state index in [1.54, 1.807) is 0 Å². The summed E-state index contributed by atoms with van der Waals surface area (Å²) in [5.74, 6) is 0.781. The number of nitrogens with one attached hydrogen (secondary N) is 2. The lowest BCUT2D eigenvalue weighted by Crippen LogP contribution is -2.40. The minimum atomic E-state index is 0.500. The molecule has 0 aromatic carbocycles. The van der Waals surface area contributed by atoms with E-state index >= 15 is 0 Å². The molecule has 1 rings (SSSR count). The molecule has 1 aliphatic carbocycles. The summed E-state index contributed by atoms with van der Waals surface area (Å²) >= 11 is 5.03. The first-order valence-corrected chi connectivity index (χ1v) is 4.86. The van der Waals surface area contributed by atoms with Crippen LogP contribution in [0.4, 0.5) is 0 Å². The molecule has 0 aliphatic heterocycles. The zero-order valence-electron chi connectivity index (χ0n) is 8.27. The summed E-state index contributed by atoms with van der Waals surface area (Å²) in [5, 5.41) is 6.95. The third-order valence-corrected chi connectivity index (χ3v) is 3.10. The zero-order valence-corrected chi connectivity index (χ0v) is 9.09. The fourth-order valence-corrected chi connectivity index (χ4v) is 1.93. The quantitative estimate of drug-likeness (QED) is 0.639. The Bertz CT molecular complexity index is 189. The molecule has 3 heteroatoms. The van der Waals surface area contributed by atoms with Crippen molar-refractivity contribution in [2.24, 2.45) is 11.3 Å². The van der Waals surface area contributed by atoms with Crippen molar-refractivity contribution in [2.45, 2.75) is 33.2 Å². The lowest BCUT2D eigenvalue weighted by Gasteiger charge is -2.16. The van der Waals surface area contributed by atoms with Crippen molar-refractivity contribution in [2.75, 3.05) is 7.05 Å². The Kier molecular flexibility index (Phi) is 2.61. The van der Waals surface area contributed by atoms with Crippen molar-refractivity contribution in [1.82, 2.24) is 10.6 Å². The van der Waals surface area contributed by atoms with E-state index in [2.05, 4.69) is 31.4 Å². The Hall–Kier alpha value is -0.310. The molecule has 1 saturated carbocycles. The van der Waals surface area contributed by atoms with Crippen LogP contribution < -0.4 is 10.6 Å². The second-order valence-corrected chi connectivity index (χ2v) is 4.72. The predicted molar refractivity (Wildman–Crippen MR) is 56.1 cm³/mol. The molecule has 2 N–H and O–H groups in total. The number of rotatable bonds is 2. The van der Waals surface area contributed by atoms with Crippen LogP contribution in [0.1, 0.15) is 27.2 Å². The van der Waals surface area contributed by atoms with Crippen LogP contribution in [0.3, 0.4) is 0 Å². The molecule has 2 nitrogen and oxygen atoms in total. The van der Waals surface area contributed by atoms with Crippen LogP contribution in [0.25, 0.3) is 0 Å². The molecule has 1 aliphatic rings. The van der Waals surface area contributed by atoms with E-state index in [1.807, 2.05) is 7.05 Å². The standard InChI is InChI=1S/C9H18N2S/c1-6(11-8(12)10-4)7-5-9(7,2)3/h6-7H,5H2,1-4H3,(H2,10,11,12). The summed E-state index contributed by atoms with van der Waals surface area (Å²) in [5.41, 5.74) is 0.524. The Balaban J connectivity index is 2.31. The molecule has 1 fully saturated rings. The maximum Gasteiger partial charge on any atom is 0.166 e. The average Bonchev–Trinajstić information content (AvgIpc) is 2.59. The Labute approximate surface area is 80.1 Å². The molecular formula is C9H18N2S. The van der Waals surface area contributed by atoms with Crippen molar-refractivity contribution >= 4 is 17.3 Å². The highest BCUT2D eigenvalue weighted by atomic mass is 32.1. The Morgan fingerprint density at radius 1 is 1.58 bits per heavy atom. The molecule has 0 spiro atoms. The molecular weight excluding hydrogens is 168 g/mol. The normalized spacial score (nSPS) is 27.5. The van der Waals surface area contributed by atoms with Crippen LogP contribution in [0.5, 0.6) is 0 Å². The molecule has 2 atom stereocenters. The van der Waals surface area contributed by atoms with Gasteiger partial charge in [-0.2, -0.15) is 0 Å². The topological polar surface area (TPSA) is 24.1 Å². The number of thiocarbonyl (C=S) groups is 1. The van der Waals surface area contributed by atoms with Gasteiger partial charge in [0.15, 0.2) is 5.11 Å². The first kappa shape index (κ1) is 9.78. The summed E-state index contributed by atoms with van der Waals surface area (Å²) in [7, 11) is 1.85. The van der Waals surface area contributed by atoms with Gasteiger partial charge in [-0.25, -0.2) is 0 Å². The first-order valence-electron chi connectivity index (χ1n) is 4.45. The van der Waals surface area contributed by atoms with Gasteiger partial charge in [0.1, 0.15) is 0 Å². The van der Waals surface area contributed by atoms with E-state index in [0.717, 1.165) is 11.0 Å². The largest absolute Gasteiger partial charge is 0.366 e. The molecule has 0 heterocycles. The average molecular weight is 186 g/mol. The fourth-order valence-electron chi connectivity index (χ4n) is 1.74. The minimum absolute atomic E-state index is 0.500. The van der Waals surface area contributed by atoms with Gasteiger partial charge in [0.25, 0.3) is 0 Å². The van der Waals surface area contributed by atoms with Crippen molar-refractivity contribution in [3.8, 4) is 0 Å². The highest BCUT2D eigenvalue weighted by Crippen LogP contribution is 2.53. The van der Waals surface area contributed by atoms with Gasteiger partial charge >= 0.3 is 0 Å². The van der Waals surface area contributed by atoms with Gasteiger partial charge in [-0.1, -0.05) is 13.8 Å². The smallest absolute Gasteiger partial charge is 0.166 e. The summed E-state index contributed by atoms with van der Waals surface area (Å²) in [6.07, 6.45) is 1.31. The Morgan fingerprint density at radius 2 is 2.08 bits per heavy atom. The first-order chi connectivity index (χ1) is 5.47. The van der Waals surface area contributed by atoms with Crippen LogP contribution in [0.15, 0.2) is 0 Å². The van der Waals surface area contributed by atoms with Crippen LogP contribution in [-0.4, -0.2) is 18.2 Å². The monoisotopic (exact) mass is 186 g/mol. The van der Waals surface area contributed by atoms with E-state index < -0.39 is 0 Å². The van der Waals surface area contributed by atoms with E-state index in [0.29, 0.717) is 11.5 Å². The molecule has 70 valence electrons. The maximum absolute atomic E-state index is 5.03. The second-order valence-electron chi connectivity index (χ2n) is 4.31. The number of hydrogen-bond donors (Lipinski definition) is 2. The molecule has 0 aromatic rings. The molecule has 0 radical (unpaired) electrons. The van der Waals surface area contributed by atoms with Gasteiger partial charge in [0, 0.05) is 13.1 Å². The van der Waals surface area contributed by atoms with E-state index in [1.165, 1.54) is 6.42 Å². The Morgan fingerprint density at radius 3 is 2.42 bits per heavy atom. The van der Waals surface area contributed by atoms with Crippen LogP contribution in [-0.2, 0) is 0 Å². The third-order valence-electron chi connectivity index (χ3n) is 2.78. The highest BCUT2D eigenvalue weighted by molar-refractivity contribution is 7.80. The van der Waals surface area contributed by atoms with Gasteiger partial charge in [0.05, 0.1) is 0 Å². The van der Waals surface area contributed by atoms with Gasteiger partial charge in [-0.05, 0) is 36.9 Å². The van der Waals surface area contributed by atoms with Crippen molar-refractivity contribution in [3.05, 3.63) is 0 Å². The lowest BCUT2D eigenvalue weighted by molar-refractivity contribution is 0.473. The molecule has 2 unspecified atom stereocenters. The molecule has 0 saturated heterocycles. The molecule has 12 heavy (non-hydrogen) atoms. The van der Waals surface area contributed by atoms with Gasteiger partial charge in [-0.3, -0.25) is 0 Å². The van der Waals surface area contributed by atoms with Gasteiger partial charge in [0.2, 0.25) is 0 Å². The molecule has 0 amide bonds. The number of hydrogen-bond acceptors (Lipinski definition) is 1. The molecule has 0 bridgehead atoms.